The lowest BCUT2D eigenvalue weighted by atomic mass is 10.2. The van der Waals surface area contributed by atoms with Gasteiger partial charge in [0.1, 0.15) is 6.04 Å². The van der Waals surface area contributed by atoms with Gasteiger partial charge >= 0.3 is 6.03 Å². The summed E-state index contributed by atoms with van der Waals surface area (Å²) in [6.07, 6.45) is 0.375. The third-order valence-corrected chi connectivity index (χ3v) is 6.00. The number of carbonyl (C=O) groups is 2. The summed E-state index contributed by atoms with van der Waals surface area (Å²) >= 11 is 11.7. The highest BCUT2D eigenvalue weighted by molar-refractivity contribution is 7.91. The topological polar surface area (TPSA) is 104 Å². The molecule has 1 aromatic carbocycles. The molecular weight excluding hydrogens is 377 g/mol. The number of sulfone groups is 1. The number of benzene rings is 1. The molecule has 0 spiro atoms. The Morgan fingerprint density at radius 3 is 2.54 bits per heavy atom. The normalized spacial score (nSPS) is 20.2. The first-order chi connectivity index (χ1) is 11.2. The molecule has 7 nitrogen and oxygen atoms in total. The number of hydrogen-bond acceptors (Lipinski definition) is 4. The van der Waals surface area contributed by atoms with Crippen LogP contribution in [0.3, 0.4) is 0 Å². The van der Waals surface area contributed by atoms with Gasteiger partial charge in [-0.2, -0.15) is 0 Å². The Morgan fingerprint density at radius 1 is 1.25 bits per heavy atom. The summed E-state index contributed by atoms with van der Waals surface area (Å²) in [6, 6.07) is 2.79. The van der Waals surface area contributed by atoms with E-state index in [0.717, 1.165) is 0 Å². The fourth-order valence-corrected chi connectivity index (χ4v) is 4.19. The second kappa shape index (κ2) is 7.58. The molecule has 3 amide bonds. The number of halogens is 2. The number of rotatable bonds is 4. The summed E-state index contributed by atoms with van der Waals surface area (Å²) in [4.78, 5) is 23.9. The lowest BCUT2D eigenvalue weighted by molar-refractivity contribution is -0.117. The van der Waals surface area contributed by atoms with Crippen LogP contribution < -0.4 is 16.0 Å². The van der Waals surface area contributed by atoms with Crippen molar-refractivity contribution in [2.75, 3.05) is 16.8 Å². The number of carbonyl (C=O) groups excluding carboxylic acids is 2. The summed E-state index contributed by atoms with van der Waals surface area (Å²) in [5.41, 5.74) is 0.449. The van der Waals surface area contributed by atoms with Crippen LogP contribution in [0.4, 0.5) is 10.5 Å². The molecule has 0 unspecified atom stereocenters. The molecule has 1 aromatic rings. The molecule has 0 aromatic heterocycles. The van der Waals surface area contributed by atoms with Gasteiger partial charge in [-0.3, -0.25) is 4.79 Å². The first-order valence-corrected chi connectivity index (χ1v) is 9.77. The first kappa shape index (κ1) is 18.8. The number of urea groups is 1. The molecule has 24 heavy (non-hydrogen) atoms. The monoisotopic (exact) mass is 393 g/mol. The molecule has 2 rings (SSSR count). The standard InChI is InChI=1S/C14H17Cl2N3O4S/c1-8(13(20)18-9-2-3-11(15)12(16)6-9)17-14(21)19-10-4-5-24(22,23)7-10/h2-3,6,8,10H,4-5,7H2,1H3,(H,18,20)(H2,17,19,21)/t8-,10+/m0/s1. The van der Waals surface area contributed by atoms with E-state index in [0.29, 0.717) is 22.2 Å². The van der Waals surface area contributed by atoms with E-state index in [1.807, 2.05) is 0 Å². The Kier molecular flexibility index (Phi) is 5.95. The Bertz CT molecular complexity index is 754. The predicted molar refractivity (Wildman–Crippen MR) is 93.3 cm³/mol. The van der Waals surface area contributed by atoms with Crippen molar-refractivity contribution in [3.63, 3.8) is 0 Å². The maximum atomic E-state index is 12.1. The van der Waals surface area contributed by atoms with Gasteiger partial charge in [-0.05, 0) is 31.5 Å². The average molecular weight is 394 g/mol. The van der Waals surface area contributed by atoms with E-state index in [1.165, 1.54) is 13.0 Å². The second-order valence-corrected chi connectivity index (χ2v) is 8.60. The van der Waals surface area contributed by atoms with Gasteiger partial charge in [0.2, 0.25) is 5.91 Å². The SMILES string of the molecule is C[C@H](NC(=O)N[C@@H]1CCS(=O)(=O)C1)C(=O)Nc1ccc(Cl)c(Cl)c1. The maximum Gasteiger partial charge on any atom is 0.315 e. The van der Waals surface area contributed by atoms with Gasteiger partial charge in [0.25, 0.3) is 0 Å². The minimum absolute atomic E-state index is 0.0608. The van der Waals surface area contributed by atoms with Crippen LogP contribution in [0, 0.1) is 0 Å². The molecule has 1 aliphatic rings. The molecule has 0 bridgehead atoms. The smallest absolute Gasteiger partial charge is 0.315 e. The van der Waals surface area contributed by atoms with Crippen LogP contribution in [0.25, 0.3) is 0 Å². The van der Waals surface area contributed by atoms with Crippen LogP contribution in [0.1, 0.15) is 13.3 Å². The second-order valence-electron chi connectivity index (χ2n) is 5.56. The van der Waals surface area contributed by atoms with Gasteiger partial charge in [-0.25, -0.2) is 13.2 Å². The number of hydrogen-bond donors (Lipinski definition) is 3. The third-order valence-electron chi connectivity index (χ3n) is 3.50. The van der Waals surface area contributed by atoms with E-state index in [4.69, 9.17) is 23.2 Å². The van der Waals surface area contributed by atoms with Gasteiger partial charge < -0.3 is 16.0 Å². The first-order valence-electron chi connectivity index (χ1n) is 7.19. The zero-order valence-corrected chi connectivity index (χ0v) is 15.1. The Balaban J connectivity index is 1.84. The van der Waals surface area contributed by atoms with Crippen LogP contribution >= 0.6 is 23.2 Å². The molecule has 132 valence electrons. The molecule has 3 N–H and O–H groups in total. The Morgan fingerprint density at radius 2 is 1.96 bits per heavy atom. The van der Waals surface area contributed by atoms with Crippen LogP contribution in [-0.4, -0.2) is 43.9 Å². The lowest BCUT2D eigenvalue weighted by Gasteiger charge is -2.17. The molecule has 0 saturated carbocycles. The van der Waals surface area contributed by atoms with E-state index in [-0.39, 0.29) is 11.5 Å². The summed E-state index contributed by atoms with van der Waals surface area (Å²) < 4.78 is 22.7. The summed E-state index contributed by atoms with van der Waals surface area (Å²) in [5.74, 6) is -0.460. The van der Waals surface area contributed by atoms with Crippen molar-refractivity contribution >= 4 is 50.7 Å². The average Bonchev–Trinajstić information content (AvgIpc) is 2.81. The minimum atomic E-state index is -3.08. The van der Waals surface area contributed by atoms with Crippen LogP contribution in [0.2, 0.25) is 10.0 Å². The number of anilines is 1. The molecular formula is C14H17Cl2N3O4S. The van der Waals surface area contributed by atoms with E-state index < -0.39 is 33.9 Å². The van der Waals surface area contributed by atoms with E-state index in [1.54, 1.807) is 12.1 Å². The highest BCUT2D eigenvalue weighted by atomic mass is 35.5. The van der Waals surface area contributed by atoms with Gasteiger partial charge in [-0.1, -0.05) is 23.2 Å². The van der Waals surface area contributed by atoms with Crippen molar-refractivity contribution < 1.29 is 18.0 Å². The van der Waals surface area contributed by atoms with E-state index >= 15 is 0 Å². The summed E-state index contributed by atoms with van der Waals surface area (Å²) in [5, 5.41) is 8.29. The quantitative estimate of drug-likeness (QED) is 0.725. The van der Waals surface area contributed by atoms with Gasteiger partial charge in [0, 0.05) is 11.7 Å². The van der Waals surface area contributed by atoms with Crippen molar-refractivity contribution in [1.82, 2.24) is 10.6 Å². The fraction of sp³-hybridized carbons (Fsp3) is 0.429. The molecule has 1 heterocycles. The van der Waals surface area contributed by atoms with Crippen LogP contribution in [0.5, 0.6) is 0 Å². The van der Waals surface area contributed by atoms with Crippen LogP contribution in [-0.2, 0) is 14.6 Å². The molecule has 1 aliphatic heterocycles. The third kappa shape index (κ3) is 5.25. The maximum absolute atomic E-state index is 12.1. The van der Waals surface area contributed by atoms with Gasteiger partial charge in [0.15, 0.2) is 9.84 Å². The van der Waals surface area contributed by atoms with E-state index in [2.05, 4.69) is 16.0 Å². The van der Waals surface area contributed by atoms with Crippen molar-refractivity contribution in [3.8, 4) is 0 Å². The number of nitrogens with one attached hydrogen (secondary N) is 3. The number of amides is 3. The van der Waals surface area contributed by atoms with Crippen LogP contribution in [0.15, 0.2) is 18.2 Å². The summed E-state index contributed by atoms with van der Waals surface area (Å²) in [7, 11) is -3.08. The lowest BCUT2D eigenvalue weighted by Crippen LogP contribution is -2.49. The molecule has 0 radical (unpaired) electrons. The Hall–Kier alpha value is -1.51. The zero-order chi connectivity index (χ0) is 17.9. The Labute approximate surface area is 150 Å². The van der Waals surface area contributed by atoms with Gasteiger partial charge in [-0.15, -0.1) is 0 Å². The molecule has 1 fully saturated rings. The van der Waals surface area contributed by atoms with E-state index in [9.17, 15) is 18.0 Å². The molecule has 10 heteroatoms. The highest BCUT2D eigenvalue weighted by Gasteiger charge is 2.29. The molecule has 1 saturated heterocycles. The molecule has 2 atom stereocenters. The molecule has 0 aliphatic carbocycles. The van der Waals surface area contributed by atoms with Crippen molar-refractivity contribution in [2.45, 2.75) is 25.4 Å². The zero-order valence-electron chi connectivity index (χ0n) is 12.8. The highest BCUT2D eigenvalue weighted by Crippen LogP contribution is 2.25. The minimum Gasteiger partial charge on any atom is -0.334 e. The summed E-state index contributed by atoms with van der Waals surface area (Å²) in [6.45, 7) is 1.51. The van der Waals surface area contributed by atoms with Crippen molar-refractivity contribution in [2.24, 2.45) is 0 Å². The largest absolute Gasteiger partial charge is 0.334 e. The van der Waals surface area contributed by atoms with Gasteiger partial charge in [0.05, 0.1) is 21.6 Å². The van der Waals surface area contributed by atoms with Crippen molar-refractivity contribution in [1.29, 1.82) is 0 Å². The van der Waals surface area contributed by atoms with Crippen molar-refractivity contribution in [3.05, 3.63) is 28.2 Å². The fourth-order valence-electron chi connectivity index (χ4n) is 2.22. The predicted octanol–water partition coefficient (Wildman–Crippen LogP) is 1.81.